The van der Waals surface area contributed by atoms with Gasteiger partial charge in [-0.1, -0.05) is 30.3 Å². The quantitative estimate of drug-likeness (QED) is 0.564. The number of nitrogens with one attached hydrogen (secondary N) is 2. The molecule has 7 nitrogen and oxygen atoms in total. The predicted octanol–water partition coefficient (Wildman–Crippen LogP) is 3.75. The van der Waals surface area contributed by atoms with Gasteiger partial charge < -0.3 is 10.6 Å². The van der Waals surface area contributed by atoms with E-state index in [4.69, 9.17) is 0 Å². The number of benzene rings is 2. The molecule has 1 atom stereocenters. The number of fused-ring (bicyclic) bond motifs is 2. The van der Waals surface area contributed by atoms with Gasteiger partial charge in [0, 0.05) is 23.0 Å². The Morgan fingerprint density at radius 3 is 2.79 bits per heavy atom. The van der Waals surface area contributed by atoms with Crippen LogP contribution in [0.1, 0.15) is 18.5 Å². The van der Waals surface area contributed by atoms with E-state index in [1.807, 2.05) is 67.6 Å². The third kappa shape index (κ3) is 3.02. The van der Waals surface area contributed by atoms with Crippen LogP contribution in [0.3, 0.4) is 0 Å². The molecule has 1 amide bonds. The molecule has 5 rings (SSSR count). The predicted molar refractivity (Wildman–Crippen MR) is 111 cm³/mol. The number of amides is 1. The number of aromatic nitrogens is 4. The molecule has 142 valence electrons. The van der Waals surface area contributed by atoms with Crippen LogP contribution >= 0.6 is 0 Å². The molecule has 0 bridgehead atoms. The van der Waals surface area contributed by atoms with E-state index in [1.165, 1.54) is 6.33 Å². The average Bonchev–Trinajstić information content (AvgIpc) is 3.21. The molecule has 1 unspecified atom stereocenters. The maximum atomic E-state index is 13.3. The number of rotatable bonds is 3. The first kappa shape index (κ1) is 17.1. The highest BCUT2D eigenvalue weighted by Gasteiger charge is 2.33. The molecule has 4 aromatic rings. The van der Waals surface area contributed by atoms with Crippen molar-refractivity contribution in [2.45, 2.75) is 13.0 Å². The fourth-order valence-corrected chi connectivity index (χ4v) is 3.68. The minimum Gasteiger partial charge on any atom is -0.328 e. The van der Waals surface area contributed by atoms with Crippen LogP contribution < -0.4 is 10.6 Å². The lowest BCUT2D eigenvalue weighted by Gasteiger charge is -2.29. The molecule has 1 aliphatic rings. The van der Waals surface area contributed by atoms with E-state index < -0.39 is 6.04 Å². The Hall–Kier alpha value is -4.00. The zero-order chi connectivity index (χ0) is 19.8. The van der Waals surface area contributed by atoms with Gasteiger partial charge >= 0.3 is 0 Å². The smallest absolute Gasteiger partial charge is 0.255 e. The van der Waals surface area contributed by atoms with Gasteiger partial charge in [-0.05, 0) is 42.8 Å². The minimum absolute atomic E-state index is 0.182. The molecular formula is C22H18N6O. The Morgan fingerprint density at radius 1 is 1.07 bits per heavy atom. The number of nitrogens with zero attached hydrogens (tertiary/aromatic N) is 4. The molecule has 29 heavy (non-hydrogen) atoms. The number of anilines is 2. The summed E-state index contributed by atoms with van der Waals surface area (Å²) in [5.41, 5.74) is 3.92. The van der Waals surface area contributed by atoms with Crippen LogP contribution in [0.5, 0.6) is 0 Å². The molecule has 0 fully saturated rings. The van der Waals surface area contributed by atoms with Gasteiger partial charge in [0.15, 0.2) is 0 Å². The molecule has 2 N–H and O–H groups in total. The van der Waals surface area contributed by atoms with Gasteiger partial charge in [0.2, 0.25) is 5.95 Å². The summed E-state index contributed by atoms with van der Waals surface area (Å²) in [6, 6.07) is 18.9. The van der Waals surface area contributed by atoms with Gasteiger partial charge in [-0.3, -0.25) is 9.78 Å². The number of pyridine rings is 1. The van der Waals surface area contributed by atoms with Crippen molar-refractivity contribution in [2.24, 2.45) is 0 Å². The van der Waals surface area contributed by atoms with Gasteiger partial charge in [-0.15, -0.1) is 0 Å². The van der Waals surface area contributed by atoms with Gasteiger partial charge in [-0.2, -0.15) is 10.1 Å². The van der Waals surface area contributed by atoms with E-state index in [9.17, 15) is 4.79 Å². The van der Waals surface area contributed by atoms with Crippen molar-refractivity contribution in [2.75, 3.05) is 10.6 Å². The summed E-state index contributed by atoms with van der Waals surface area (Å²) in [7, 11) is 0. The number of carbonyl (C=O) groups is 1. The highest BCUT2D eigenvalue weighted by Crippen LogP contribution is 2.36. The van der Waals surface area contributed by atoms with Crippen LogP contribution in [0, 0.1) is 0 Å². The van der Waals surface area contributed by atoms with E-state index in [2.05, 4.69) is 25.7 Å². The molecule has 0 radical (unpaired) electrons. The number of allylic oxidation sites excluding steroid dienone is 1. The highest BCUT2D eigenvalue weighted by atomic mass is 16.1. The van der Waals surface area contributed by atoms with Crippen LogP contribution in [0.15, 0.2) is 84.5 Å². The van der Waals surface area contributed by atoms with E-state index in [1.54, 1.807) is 10.9 Å². The summed E-state index contributed by atoms with van der Waals surface area (Å²) in [5.74, 6) is 0.425. The number of hydrogen-bond acceptors (Lipinski definition) is 5. The molecule has 0 saturated carbocycles. The second-order valence-electron chi connectivity index (χ2n) is 6.87. The summed E-state index contributed by atoms with van der Waals surface area (Å²) in [6.45, 7) is 1.88. The van der Waals surface area contributed by atoms with Crippen LogP contribution in [0.25, 0.3) is 10.9 Å². The molecule has 0 spiro atoms. The zero-order valence-electron chi connectivity index (χ0n) is 15.7. The summed E-state index contributed by atoms with van der Waals surface area (Å²) in [4.78, 5) is 21.9. The zero-order valence-corrected chi connectivity index (χ0v) is 15.7. The van der Waals surface area contributed by atoms with E-state index in [-0.39, 0.29) is 5.91 Å². The molecule has 7 heteroatoms. The van der Waals surface area contributed by atoms with Crippen molar-refractivity contribution >= 4 is 28.4 Å². The van der Waals surface area contributed by atoms with E-state index >= 15 is 0 Å². The SMILES string of the molecule is CC1=C(C(=O)Nc2ccccc2)C(c2ccc3ncccc3c2)n2ncnc2N1. The lowest BCUT2D eigenvalue weighted by molar-refractivity contribution is -0.113. The van der Waals surface area contributed by atoms with E-state index in [0.29, 0.717) is 11.5 Å². The Balaban J connectivity index is 1.62. The Kier molecular flexibility index (Phi) is 4.05. The second kappa shape index (κ2) is 6.87. The molecule has 2 aromatic heterocycles. The monoisotopic (exact) mass is 382 g/mol. The molecule has 0 aliphatic carbocycles. The Labute approximate surface area is 167 Å². The topological polar surface area (TPSA) is 84.7 Å². The normalized spacial score (nSPS) is 15.7. The number of carbonyl (C=O) groups excluding carboxylic acids is 1. The first-order chi connectivity index (χ1) is 14.2. The maximum absolute atomic E-state index is 13.3. The first-order valence-corrected chi connectivity index (χ1v) is 9.29. The van der Waals surface area contributed by atoms with Crippen LogP contribution in [0.2, 0.25) is 0 Å². The van der Waals surface area contributed by atoms with Crippen molar-refractivity contribution in [3.8, 4) is 0 Å². The Bertz CT molecular complexity index is 1240. The van der Waals surface area contributed by atoms with Gasteiger partial charge in [-0.25, -0.2) is 4.68 Å². The van der Waals surface area contributed by atoms with Gasteiger partial charge in [0.25, 0.3) is 5.91 Å². The minimum atomic E-state index is -0.401. The molecule has 3 heterocycles. The number of hydrogen-bond donors (Lipinski definition) is 2. The maximum Gasteiger partial charge on any atom is 0.255 e. The fraction of sp³-hybridized carbons (Fsp3) is 0.0909. The first-order valence-electron chi connectivity index (χ1n) is 9.29. The van der Waals surface area contributed by atoms with Crippen molar-refractivity contribution < 1.29 is 4.79 Å². The molecule has 2 aromatic carbocycles. The number of para-hydroxylation sites is 1. The molecule has 0 saturated heterocycles. The summed E-state index contributed by atoms with van der Waals surface area (Å²) in [5, 5.41) is 11.6. The lowest BCUT2D eigenvalue weighted by atomic mass is 9.94. The standard InChI is InChI=1S/C22H18N6O/c1-14-19(21(29)27-17-7-3-2-4-8-17)20(28-22(26-14)24-13-25-28)16-9-10-18-15(12-16)6-5-11-23-18/h2-13,20H,1H3,(H,27,29)(H,24,25,26). The summed E-state index contributed by atoms with van der Waals surface area (Å²) in [6.07, 6.45) is 3.26. The van der Waals surface area contributed by atoms with Gasteiger partial charge in [0.1, 0.15) is 12.4 Å². The van der Waals surface area contributed by atoms with Crippen molar-refractivity contribution in [3.63, 3.8) is 0 Å². The van der Waals surface area contributed by atoms with Gasteiger partial charge in [0.05, 0.1) is 11.1 Å². The Morgan fingerprint density at radius 2 is 1.93 bits per heavy atom. The van der Waals surface area contributed by atoms with Crippen LogP contribution in [-0.4, -0.2) is 25.7 Å². The lowest BCUT2D eigenvalue weighted by Crippen LogP contribution is -2.31. The van der Waals surface area contributed by atoms with Crippen molar-refractivity contribution in [1.82, 2.24) is 19.7 Å². The second-order valence-corrected chi connectivity index (χ2v) is 6.87. The average molecular weight is 382 g/mol. The molecule has 1 aliphatic heterocycles. The van der Waals surface area contributed by atoms with Crippen molar-refractivity contribution in [1.29, 1.82) is 0 Å². The fourth-order valence-electron chi connectivity index (χ4n) is 3.68. The largest absolute Gasteiger partial charge is 0.328 e. The van der Waals surface area contributed by atoms with Crippen LogP contribution in [-0.2, 0) is 4.79 Å². The summed E-state index contributed by atoms with van der Waals surface area (Å²) >= 11 is 0. The highest BCUT2D eigenvalue weighted by molar-refractivity contribution is 6.06. The van der Waals surface area contributed by atoms with Crippen LogP contribution in [0.4, 0.5) is 11.6 Å². The molecular weight excluding hydrogens is 364 g/mol. The van der Waals surface area contributed by atoms with E-state index in [0.717, 1.165) is 27.9 Å². The third-order valence-electron chi connectivity index (χ3n) is 5.01. The van der Waals surface area contributed by atoms with Crippen molar-refractivity contribution in [3.05, 3.63) is 90.0 Å². The summed E-state index contributed by atoms with van der Waals surface area (Å²) < 4.78 is 1.74. The third-order valence-corrected chi connectivity index (χ3v) is 5.01.